The summed E-state index contributed by atoms with van der Waals surface area (Å²) in [5.74, 6) is -0.394. The maximum absolute atomic E-state index is 9.84. The van der Waals surface area contributed by atoms with Gasteiger partial charge >= 0.3 is 5.97 Å². The first-order chi connectivity index (χ1) is 4.81. The Morgan fingerprint density at radius 2 is 2.09 bits per heavy atom. The lowest BCUT2D eigenvalue weighted by molar-refractivity contribution is -0.134. The molecule has 7 heteroatoms. The summed E-state index contributed by atoms with van der Waals surface area (Å²) in [7, 11) is 1.31. The molecule has 0 saturated heterocycles. The highest BCUT2D eigenvalue weighted by atomic mass is 32.9. The summed E-state index contributed by atoms with van der Waals surface area (Å²) >= 11 is 7.07. The van der Waals surface area contributed by atoms with E-state index in [0.29, 0.717) is 0 Å². The first-order valence-corrected chi connectivity index (χ1v) is 6.16. The third-order valence-corrected chi connectivity index (χ3v) is 0.368. The molecule has 11 heavy (non-hydrogen) atoms. The number of thiol groups is 1. The molecule has 4 nitrogen and oxygen atoms in total. The molecule has 0 atom stereocenters. The highest BCUT2D eigenvalue weighted by molar-refractivity contribution is 8.59. The second-order valence-electron chi connectivity index (χ2n) is 1.24. The maximum atomic E-state index is 9.84. The predicted molar refractivity (Wildman–Crippen MR) is 49.9 cm³/mol. The number of ether oxygens (including phenoxy) is 1. The Morgan fingerprint density at radius 3 is 2.09 bits per heavy atom. The Kier molecular flexibility index (Phi) is 8.49. The van der Waals surface area contributed by atoms with Crippen LogP contribution in [0.2, 0.25) is 0 Å². The maximum Gasteiger partial charge on any atom is 0.329 e. The van der Waals surface area contributed by atoms with Crippen molar-refractivity contribution in [3.8, 4) is 0 Å². The number of hydrogen-bond acceptors (Lipinski definition) is 3. The summed E-state index contributed by atoms with van der Waals surface area (Å²) in [6, 6.07) is 0. The fraction of sp³-hybridized carbons (Fsp3) is 0.250. The third-order valence-electron chi connectivity index (χ3n) is 0.368. The SMILES string of the molecule is C=CC(=O)OC.OP(O)(=S)S. The normalized spacial score (nSPS) is 9.09. The highest BCUT2D eigenvalue weighted by Gasteiger charge is 1.90. The van der Waals surface area contributed by atoms with Crippen LogP contribution >= 0.6 is 17.9 Å². The number of carbonyl (C=O) groups is 1. The van der Waals surface area contributed by atoms with Crippen LogP contribution < -0.4 is 0 Å². The average molecular weight is 216 g/mol. The van der Waals surface area contributed by atoms with Crippen LogP contribution in [0.1, 0.15) is 0 Å². The first-order valence-electron chi connectivity index (χ1n) is 2.30. The van der Waals surface area contributed by atoms with Crippen LogP contribution in [0.4, 0.5) is 0 Å². The highest BCUT2D eigenvalue weighted by Crippen LogP contribution is 2.39. The molecule has 66 valence electrons. The van der Waals surface area contributed by atoms with Crippen LogP contribution in [0.5, 0.6) is 0 Å². The van der Waals surface area contributed by atoms with E-state index in [1.807, 2.05) is 0 Å². The molecule has 0 fully saturated rings. The molecule has 0 amide bonds. The fourth-order valence-electron chi connectivity index (χ4n) is 0.0833. The van der Waals surface area contributed by atoms with Crippen LogP contribution in [-0.4, -0.2) is 22.9 Å². The van der Waals surface area contributed by atoms with Crippen molar-refractivity contribution in [2.45, 2.75) is 0 Å². The predicted octanol–water partition coefficient (Wildman–Crippen LogP) is 0.471. The van der Waals surface area contributed by atoms with Gasteiger partial charge in [-0.2, -0.15) is 0 Å². The number of carbonyl (C=O) groups excluding carboxylic acids is 1. The molecule has 0 aromatic rings. The molecule has 0 heterocycles. The van der Waals surface area contributed by atoms with Gasteiger partial charge in [-0.15, -0.1) is 0 Å². The van der Waals surface area contributed by atoms with E-state index in [4.69, 9.17) is 9.79 Å². The van der Waals surface area contributed by atoms with E-state index in [-0.39, 0.29) is 0 Å². The summed E-state index contributed by atoms with van der Waals surface area (Å²) in [5, 5.41) is 0. The van der Waals surface area contributed by atoms with Crippen molar-refractivity contribution in [1.29, 1.82) is 0 Å². The Hall–Kier alpha value is 0.130. The van der Waals surface area contributed by atoms with E-state index >= 15 is 0 Å². The molecule has 0 bridgehead atoms. The molecular formula is C4H9O4PS2. The van der Waals surface area contributed by atoms with E-state index in [9.17, 15) is 4.79 Å². The van der Waals surface area contributed by atoms with Crippen LogP contribution in [0.15, 0.2) is 12.7 Å². The van der Waals surface area contributed by atoms with E-state index < -0.39 is 11.7 Å². The van der Waals surface area contributed by atoms with E-state index in [1.165, 1.54) is 7.11 Å². The zero-order valence-electron chi connectivity index (χ0n) is 5.80. The molecule has 2 N–H and O–H groups in total. The smallest absolute Gasteiger partial charge is 0.329 e. The molecule has 0 unspecified atom stereocenters. The Morgan fingerprint density at radius 1 is 1.82 bits per heavy atom. The molecule has 0 aromatic carbocycles. The standard InChI is InChI=1S/C4H6O2.H3O2PS2/c1-3-4(5)6-2;1-3(2,4)5/h3H,1H2,2H3;(H3,1,2,4,5). The average Bonchev–Trinajstić information content (AvgIpc) is 1.83. The summed E-state index contributed by atoms with van der Waals surface area (Å²) in [5.41, 5.74) is -3.11. The van der Waals surface area contributed by atoms with E-state index in [2.05, 4.69) is 35.4 Å². The Balaban J connectivity index is 0. The molecule has 0 rings (SSSR count). The lowest BCUT2D eigenvalue weighted by atomic mass is 10.7. The second-order valence-corrected chi connectivity index (χ2v) is 6.28. The van der Waals surface area contributed by atoms with Crippen LogP contribution in [0.25, 0.3) is 0 Å². The lowest BCUT2D eigenvalue weighted by Gasteiger charge is -1.88. The quantitative estimate of drug-likeness (QED) is 0.257. The second kappa shape index (κ2) is 6.82. The van der Waals surface area contributed by atoms with Crippen molar-refractivity contribution in [2.75, 3.05) is 7.11 Å². The molecule has 0 saturated carbocycles. The lowest BCUT2D eigenvalue weighted by Crippen LogP contribution is -1.91. The number of methoxy groups -OCH3 is 1. The first kappa shape index (κ1) is 13.7. The van der Waals surface area contributed by atoms with Crippen LogP contribution in [0, 0.1) is 0 Å². The van der Waals surface area contributed by atoms with Gasteiger partial charge in [-0.1, -0.05) is 18.8 Å². The van der Waals surface area contributed by atoms with Gasteiger partial charge in [0.2, 0.25) is 5.69 Å². The van der Waals surface area contributed by atoms with Crippen LogP contribution in [0.3, 0.4) is 0 Å². The summed E-state index contributed by atoms with van der Waals surface area (Å²) in [6.45, 7) is 3.16. The minimum atomic E-state index is -3.11. The fourth-order valence-corrected chi connectivity index (χ4v) is 0.0833. The van der Waals surface area contributed by atoms with Crippen molar-refractivity contribution in [2.24, 2.45) is 0 Å². The van der Waals surface area contributed by atoms with Gasteiger partial charge in [-0.25, -0.2) is 4.79 Å². The summed E-state index contributed by atoms with van der Waals surface area (Å²) < 4.78 is 4.14. The van der Waals surface area contributed by atoms with Gasteiger partial charge < -0.3 is 14.5 Å². The van der Waals surface area contributed by atoms with Crippen molar-refractivity contribution in [3.63, 3.8) is 0 Å². The summed E-state index contributed by atoms with van der Waals surface area (Å²) in [4.78, 5) is 25.6. The minimum absolute atomic E-state index is 0.394. The van der Waals surface area contributed by atoms with Gasteiger partial charge in [0.1, 0.15) is 0 Å². The van der Waals surface area contributed by atoms with Gasteiger partial charge in [0.05, 0.1) is 7.11 Å². The monoisotopic (exact) mass is 216 g/mol. The van der Waals surface area contributed by atoms with Crippen LogP contribution in [-0.2, 0) is 21.3 Å². The molecule has 0 spiro atoms. The minimum Gasteiger partial charge on any atom is -0.466 e. The van der Waals surface area contributed by atoms with E-state index in [1.54, 1.807) is 0 Å². The Labute approximate surface area is 75.2 Å². The van der Waals surface area contributed by atoms with Gasteiger partial charge in [0.15, 0.2) is 0 Å². The molecule has 0 aliphatic rings. The van der Waals surface area contributed by atoms with Gasteiger partial charge in [0, 0.05) is 6.08 Å². The van der Waals surface area contributed by atoms with E-state index in [0.717, 1.165) is 6.08 Å². The van der Waals surface area contributed by atoms with Gasteiger partial charge in [-0.05, 0) is 11.8 Å². The van der Waals surface area contributed by atoms with Crippen molar-refractivity contribution in [3.05, 3.63) is 12.7 Å². The number of hydrogen-bond donors (Lipinski definition) is 3. The van der Waals surface area contributed by atoms with Crippen molar-refractivity contribution >= 4 is 35.7 Å². The Bertz CT molecular complexity index is 167. The zero-order chi connectivity index (χ0) is 9.49. The molecule has 0 aliphatic carbocycles. The molecule has 0 radical (unpaired) electrons. The largest absolute Gasteiger partial charge is 0.466 e. The van der Waals surface area contributed by atoms with Crippen molar-refractivity contribution in [1.82, 2.24) is 0 Å². The van der Waals surface area contributed by atoms with Crippen molar-refractivity contribution < 1.29 is 19.3 Å². The molecular weight excluding hydrogens is 207 g/mol. The molecule has 0 aromatic heterocycles. The number of rotatable bonds is 1. The summed E-state index contributed by atoms with van der Waals surface area (Å²) in [6.07, 6.45) is 1.11. The molecule has 0 aliphatic heterocycles. The topological polar surface area (TPSA) is 66.8 Å². The third kappa shape index (κ3) is 39.3. The number of esters is 1. The van der Waals surface area contributed by atoms with Gasteiger partial charge in [-0.3, -0.25) is 0 Å². The van der Waals surface area contributed by atoms with Gasteiger partial charge in [0.25, 0.3) is 0 Å². The zero-order valence-corrected chi connectivity index (χ0v) is 8.40.